The number of anilines is 2. The maximum atomic E-state index is 5.84. The minimum atomic E-state index is 0.449. The van der Waals surface area contributed by atoms with Crippen molar-refractivity contribution in [1.82, 2.24) is 10.2 Å². The summed E-state index contributed by atoms with van der Waals surface area (Å²) in [5, 5.41) is 8.41. The van der Waals surface area contributed by atoms with Crippen molar-refractivity contribution < 1.29 is 0 Å². The molecule has 1 heterocycles. The molecule has 0 spiro atoms. The highest BCUT2D eigenvalue weighted by molar-refractivity contribution is 6.30. The van der Waals surface area contributed by atoms with E-state index in [0.717, 1.165) is 17.1 Å². The molecule has 1 aromatic carbocycles. The SMILES string of the molecule is Cc1cc(N(C)c2ccccc2)nnc1Cl. The monoisotopic (exact) mass is 233 g/mol. The van der Waals surface area contributed by atoms with Crippen LogP contribution in [0.5, 0.6) is 0 Å². The van der Waals surface area contributed by atoms with E-state index in [0.29, 0.717) is 5.15 Å². The fourth-order valence-corrected chi connectivity index (χ4v) is 1.50. The number of nitrogens with zero attached hydrogens (tertiary/aromatic N) is 3. The number of benzene rings is 1. The van der Waals surface area contributed by atoms with Gasteiger partial charge in [-0.25, -0.2) is 0 Å². The normalized spacial score (nSPS) is 10.2. The smallest absolute Gasteiger partial charge is 0.155 e. The van der Waals surface area contributed by atoms with Crippen LogP contribution in [0, 0.1) is 6.92 Å². The Balaban J connectivity index is 2.34. The number of aryl methyl sites for hydroxylation is 1. The maximum absolute atomic E-state index is 5.84. The van der Waals surface area contributed by atoms with Crippen molar-refractivity contribution in [2.75, 3.05) is 11.9 Å². The molecule has 0 saturated heterocycles. The molecule has 16 heavy (non-hydrogen) atoms. The highest BCUT2D eigenvalue weighted by atomic mass is 35.5. The van der Waals surface area contributed by atoms with Crippen LogP contribution in [0.1, 0.15) is 5.56 Å². The molecule has 0 amide bonds. The second-order valence-electron chi connectivity index (χ2n) is 3.57. The van der Waals surface area contributed by atoms with E-state index in [1.165, 1.54) is 0 Å². The topological polar surface area (TPSA) is 29.0 Å². The van der Waals surface area contributed by atoms with Gasteiger partial charge in [-0.05, 0) is 30.7 Å². The van der Waals surface area contributed by atoms with E-state index < -0.39 is 0 Å². The molecule has 0 radical (unpaired) electrons. The van der Waals surface area contributed by atoms with Gasteiger partial charge in [0.25, 0.3) is 0 Å². The van der Waals surface area contributed by atoms with E-state index in [2.05, 4.69) is 10.2 Å². The first-order chi connectivity index (χ1) is 7.68. The van der Waals surface area contributed by atoms with E-state index in [4.69, 9.17) is 11.6 Å². The first-order valence-electron chi connectivity index (χ1n) is 4.97. The number of hydrogen-bond acceptors (Lipinski definition) is 3. The largest absolute Gasteiger partial charge is 0.328 e. The van der Waals surface area contributed by atoms with Crippen LogP contribution in [0.4, 0.5) is 11.5 Å². The molecule has 2 aromatic rings. The van der Waals surface area contributed by atoms with Gasteiger partial charge in [-0.1, -0.05) is 29.8 Å². The number of rotatable bonds is 2. The van der Waals surface area contributed by atoms with Crippen molar-refractivity contribution in [2.45, 2.75) is 6.92 Å². The van der Waals surface area contributed by atoms with Crippen molar-refractivity contribution in [3.63, 3.8) is 0 Å². The Morgan fingerprint density at radius 3 is 2.44 bits per heavy atom. The summed E-state index contributed by atoms with van der Waals surface area (Å²) in [6.45, 7) is 1.92. The molecule has 4 heteroatoms. The van der Waals surface area contributed by atoms with Crippen LogP contribution in [0.15, 0.2) is 36.4 Å². The van der Waals surface area contributed by atoms with Crippen LogP contribution < -0.4 is 4.90 Å². The Hall–Kier alpha value is -1.61. The van der Waals surface area contributed by atoms with Crippen molar-refractivity contribution >= 4 is 23.1 Å². The predicted octanol–water partition coefficient (Wildman–Crippen LogP) is 3.21. The summed E-state index contributed by atoms with van der Waals surface area (Å²) in [6.07, 6.45) is 0. The lowest BCUT2D eigenvalue weighted by molar-refractivity contribution is 0.976. The Morgan fingerprint density at radius 1 is 1.12 bits per heavy atom. The highest BCUT2D eigenvalue weighted by Gasteiger charge is 2.07. The standard InChI is InChI=1S/C12H12ClN3/c1-9-8-11(14-15-12(9)13)16(2)10-6-4-3-5-7-10/h3-8H,1-2H3. The first-order valence-corrected chi connectivity index (χ1v) is 5.35. The van der Waals surface area contributed by atoms with Crippen molar-refractivity contribution in [2.24, 2.45) is 0 Å². The van der Waals surface area contributed by atoms with E-state index in [-0.39, 0.29) is 0 Å². The molecule has 3 nitrogen and oxygen atoms in total. The zero-order chi connectivity index (χ0) is 11.5. The maximum Gasteiger partial charge on any atom is 0.155 e. The summed E-state index contributed by atoms with van der Waals surface area (Å²) in [5.74, 6) is 0.785. The van der Waals surface area contributed by atoms with Gasteiger partial charge in [0, 0.05) is 12.7 Å². The summed E-state index contributed by atoms with van der Waals surface area (Å²) in [4.78, 5) is 1.97. The summed E-state index contributed by atoms with van der Waals surface area (Å²) in [7, 11) is 1.95. The summed E-state index contributed by atoms with van der Waals surface area (Å²) >= 11 is 5.84. The molecular weight excluding hydrogens is 222 g/mol. The van der Waals surface area contributed by atoms with Crippen LogP contribution in [0.3, 0.4) is 0 Å². The number of aromatic nitrogens is 2. The van der Waals surface area contributed by atoms with Gasteiger partial charge in [0.05, 0.1) is 0 Å². The summed E-state index contributed by atoms with van der Waals surface area (Å²) in [6, 6.07) is 11.9. The fraction of sp³-hybridized carbons (Fsp3) is 0.167. The van der Waals surface area contributed by atoms with Gasteiger partial charge in [0.1, 0.15) is 0 Å². The third kappa shape index (κ3) is 2.14. The number of para-hydroxylation sites is 1. The average molecular weight is 234 g/mol. The molecule has 0 aliphatic heterocycles. The zero-order valence-electron chi connectivity index (χ0n) is 9.18. The van der Waals surface area contributed by atoms with Crippen LogP contribution in [0.25, 0.3) is 0 Å². The summed E-state index contributed by atoms with van der Waals surface area (Å²) in [5.41, 5.74) is 1.99. The lowest BCUT2D eigenvalue weighted by Crippen LogP contribution is -2.12. The Bertz CT molecular complexity index is 485. The van der Waals surface area contributed by atoms with Crippen molar-refractivity contribution in [3.8, 4) is 0 Å². The molecule has 2 rings (SSSR count). The van der Waals surface area contributed by atoms with Gasteiger partial charge in [0.15, 0.2) is 11.0 Å². The van der Waals surface area contributed by atoms with Gasteiger partial charge >= 0.3 is 0 Å². The molecule has 82 valence electrons. The molecule has 0 N–H and O–H groups in total. The highest BCUT2D eigenvalue weighted by Crippen LogP contribution is 2.22. The van der Waals surface area contributed by atoms with E-state index >= 15 is 0 Å². The molecular formula is C12H12ClN3. The minimum Gasteiger partial charge on any atom is -0.328 e. The molecule has 0 aliphatic rings. The number of halogens is 1. The third-order valence-corrected chi connectivity index (χ3v) is 2.77. The lowest BCUT2D eigenvalue weighted by Gasteiger charge is -2.17. The minimum absolute atomic E-state index is 0.449. The van der Waals surface area contributed by atoms with E-state index in [1.807, 2.05) is 55.3 Å². The fourth-order valence-electron chi connectivity index (χ4n) is 1.40. The van der Waals surface area contributed by atoms with Gasteiger partial charge in [0.2, 0.25) is 0 Å². The second kappa shape index (κ2) is 4.49. The van der Waals surface area contributed by atoms with Gasteiger partial charge in [-0.15, -0.1) is 10.2 Å². The summed E-state index contributed by atoms with van der Waals surface area (Å²) < 4.78 is 0. The van der Waals surface area contributed by atoms with E-state index in [9.17, 15) is 0 Å². The number of hydrogen-bond donors (Lipinski definition) is 0. The third-order valence-electron chi connectivity index (χ3n) is 2.40. The van der Waals surface area contributed by atoms with Gasteiger partial charge in [-0.2, -0.15) is 0 Å². The Morgan fingerprint density at radius 2 is 1.81 bits per heavy atom. The molecule has 0 aliphatic carbocycles. The van der Waals surface area contributed by atoms with Crippen molar-refractivity contribution in [1.29, 1.82) is 0 Å². The van der Waals surface area contributed by atoms with Crippen molar-refractivity contribution in [3.05, 3.63) is 47.1 Å². The van der Waals surface area contributed by atoms with Crippen LogP contribution in [-0.4, -0.2) is 17.2 Å². The zero-order valence-corrected chi connectivity index (χ0v) is 9.94. The van der Waals surface area contributed by atoms with Gasteiger partial charge < -0.3 is 4.90 Å². The molecule has 1 aromatic heterocycles. The average Bonchev–Trinajstić information content (AvgIpc) is 2.33. The predicted molar refractivity (Wildman–Crippen MR) is 66.3 cm³/mol. The first kappa shape index (κ1) is 10.9. The molecule has 0 atom stereocenters. The molecule has 0 fully saturated rings. The second-order valence-corrected chi connectivity index (χ2v) is 3.93. The molecule has 0 bridgehead atoms. The lowest BCUT2D eigenvalue weighted by atomic mass is 10.3. The quantitative estimate of drug-likeness (QED) is 0.798. The molecule has 0 saturated carbocycles. The Kier molecular flexibility index (Phi) is 3.06. The Labute approximate surface area is 99.7 Å². The van der Waals surface area contributed by atoms with Crippen LogP contribution in [-0.2, 0) is 0 Å². The molecule has 0 unspecified atom stereocenters. The van der Waals surface area contributed by atoms with Gasteiger partial charge in [-0.3, -0.25) is 0 Å². The van der Waals surface area contributed by atoms with Crippen LogP contribution >= 0.6 is 11.6 Å². The van der Waals surface area contributed by atoms with Crippen LogP contribution in [0.2, 0.25) is 5.15 Å². The van der Waals surface area contributed by atoms with E-state index in [1.54, 1.807) is 0 Å².